The molecule has 4 aromatic rings. The second-order valence-electron chi connectivity index (χ2n) is 9.79. The Balaban J connectivity index is 0.000000709. The van der Waals surface area contributed by atoms with E-state index >= 15 is 0 Å². The van der Waals surface area contributed by atoms with E-state index in [0.29, 0.717) is 0 Å². The summed E-state index contributed by atoms with van der Waals surface area (Å²) in [4.78, 5) is 1.42. The van der Waals surface area contributed by atoms with Crippen LogP contribution in [0.4, 0.5) is 0 Å². The van der Waals surface area contributed by atoms with Gasteiger partial charge in [0.15, 0.2) is 0 Å². The summed E-state index contributed by atoms with van der Waals surface area (Å²) in [7, 11) is 6.25. The van der Waals surface area contributed by atoms with Crippen LogP contribution in [0.2, 0.25) is 0 Å². The summed E-state index contributed by atoms with van der Waals surface area (Å²) in [6, 6.07) is 35.7. The molecule has 33 heavy (non-hydrogen) atoms. The van der Waals surface area contributed by atoms with Crippen LogP contribution in [0, 0.1) is 27.7 Å². The topological polar surface area (TPSA) is 4.44 Å². The molecule has 0 aliphatic carbocycles. The van der Waals surface area contributed by atoms with E-state index in [0.717, 1.165) is 0 Å². The predicted octanol–water partition coefficient (Wildman–Crippen LogP) is 3.06. The Morgan fingerprint density at radius 1 is 0.394 bits per heavy atom. The highest BCUT2D eigenvalue weighted by Gasteiger charge is 2.35. The SMILES string of the molecule is C[NH+](C)C.Cc1ccccc1[B-](c1ccccc1C)(c1ccccc1C)c1ccccc1C. The number of benzene rings is 4. The van der Waals surface area contributed by atoms with Crippen LogP contribution in [0.3, 0.4) is 0 Å². The number of hydrogen-bond donors (Lipinski definition) is 1. The summed E-state index contributed by atoms with van der Waals surface area (Å²) in [5, 5.41) is 0. The van der Waals surface area contributed by atoms with E-state index in [1.807, 2.05) is 0 Å². The average molecular weight is 435 g/mol. The molecule has 0 aliphatic rings. The summed E-state index contributed by atoms with van der Waals surface area (Å²) in [6.07, 6.45) is -1.32. The quantitative estimate of drug-likeness (QED) is 0.470. The van der Waals surface area contributed by atoms with Gasteiger partial charge in [0.25, 0.3) is 0 Å². The Hall–Kier alpha value is -3.10. The zero-order valence-electron chi connectivity index (χ0n) is 21.3. The van der Waals surface area contributed by atoms with E-state index < -0.39 is 6.15 Å². The molecule has 0 fully saturated rings. The predicted molar refractivity (Wildman–Crippen MR) is 148 cm³/mol. The Morgan fingerprint density at radius 2 is 0.576 bits per heavy atom. The van der Waals surface area contributed by atoms with Crippen molar-refractivity contribution in [1.29, 1.82) is 0 Å². The minimum atomic E-state index is -1.32. The monoisotopic (exact) mass is 435 g/mol. The number of quaternary nitrogens is 1. The van der Waals surface area contributed by atoms with E-state index in [1.165, 1.54) is 49.0 Å². The third-order valence-electron chi connectivity index (χ3n) is 6.62. The molecule has 0 saturated heterocycles. The van der Waals surface area contributed by atoms with E-state index in [4.69, 9.17) is 0 Å². The van der Waals surface area contributed by atoms with E-state index in [9.17, 15) is 0 Å². The van der Waals surface area contributed by atoms with Crippen molar-refractivity contribution in [1.82, 2.24) is 0 Å². The molecule has 0 spiro atoms. The number of rotatable bonds is 4. The zero-order valence-corrected chi connectivity index (χ0v) is 21.3. The average Bonchev–Trinajstić information content (AvgIpc) is 2.78. The van der Waals surface area contributed by atoms with Crippen LogP contribution in [-0.4, -0.2) is 27.3 Å². The van der Waals surface area contributed by atoms with Gasteiger partial charge < -0.3 is 4.90 Å². The van der Waals surface area contributed by atoms with Crippen molar-refractivity contribution in [2.24, 2.45) is 0 Å². The summed E-state index contributed by atoms with van der Waals surface area (Å²) in [6.45, 7) is 9.00. The van der Waals surface area contributed by atoms with Gasteiger partial charge in [-0.15, -0.1) is 0 Å². The second kappa shape index (κ2) is 10.7. The molecule has 1 nitrogen and oxygen atoms in total. The molecular formula is C31H38BN. The highest BCUT2D eigenvalue weighted by Crippen LogP contribution is 2.16. The zero-order chi connectivity index (χ0) is 24.0. The van der Waals surface area contributed by atoms with Gasteiger partial charge in [-0.25, -0.2) is 0 Å². The lowest BCUT2D eigenvalue weighted by atomic mass is 9.11. The summed E-state index contributed by atoms with van der Waals surface area (Å²) in [5.74, 6) is 0. The molecule has 4 aromatic carbocycles. The van der Waals surface area contributed by atoms with E-state index in [2.05, 4.69) is 146 Å². The maximum atomic E-state index is 2.33. The molecule has 0 atom stereocenters. The van der Waals surface area contributed by atoms with Crippen LogP contribution in [0.15, 0.2) is 97.1 Å². The first-order chi connectivity index (χ1) is 15.8. The molecule has 0 amide bonds. The fourth-order valence-electron chi connectivity index (χ4n) is 5.30. The van der Waals surface area contributed by atoms with Gasteiger partial charge >= 0.3 is 0 Å². The molecule has 1 N–H and O–H groups in total. The normalized spacial score (nSPS) is 11.2. The standard InChI is InChI=1S/C28H28B.C3H9N/c1-21-13-5-9-17-25(21)29(26-18-10-6-14-22(26)2,27-19-11-7-15-23(27)3)28-20-12-8-16-24(28)4;1-4(2)3/h5-20H,1-4H3;1-3H3/q-1;/p+1. The number of nitrogens with one attached hydrogen (secondary N) is 1. The lowest BCUT2D eigenvalue weighted by Crippen LogP contribution is -3.02. The van der Waals surface area contributed by atoms with E-state index in [-0.39, 0.29) is 0 Å². The van der Waals surface area contributed by atoms with Crippen molar-refractivity contribution in [3.05, 3.63) is 119 Å². The van der Waals surface area contributed by atoms with Crippen LogP contribution in [-0.2, 0) is 0 Å². The van der Waals surface area contributed by atoms with E-state index in [1.54, 1.807) is 0 Å². The Kier molecular flexibility index (Phi) is 7.94. The molecule has 0 heterocycles. The molecular weight excluding hydrogens is 397 g/mol. The van der Waals surface area contributed by atoms with Crippen LogP contribution in [0.1, 0.15) is 22.3 Å². The molecule has 2 heteroatoms. The Labute approximate surface area is 201 Å². The maximum absolute atomic E-state index is 2.33. The molecule has 0 bridgehead atoms. The molecule has 170 valence electrons. The molecule has 0 aliphatic heterocycles. The highest BCUT2D eigenvalue weighted by molar-refractivity contribution is 7.20. The molecule has 0 radical (unpaired) electrons. The van der Waals surface area contributed by atoms with Crippen molar-refractivity contribution in [2.45, 2.75) is 27.7 Å². The maximum Gasteiger partial charge on any atom is 0.109 e. The van der Waals surface area contributed by atoms with Gasteiger partial charge in [-0.05, 0) is 27.7 Å². The largest absolute Gasteiger partial charge is 0.342 e. The Morgan fingerprint density at radius 3 is 0.758 bits per heavy atom. The van der Waals surface area contributed by atoms with Crippen molar-refractivity contribution < 1.29 is 4.90 Å². The number of hydrogen-bond acceptors (Lipinski definition) is 0. The van der Waals surface area contributed by atoms with Crippen LogP contribution >= 0.6 is 0 Å². The van der Waals surface area contributed by atoms with Crippen molar-refractivity contribution in [3.63, 3.8) is 0 Å². The molecule has 4 rings (SSSR count). The van der Waals surface area contributed by atoms with Crippen LogP contribution < -0.4 is 26.8 Å². The first-order valence-corrected chi connectivity index (χ1v) is 12.0. The third-order valence-corrected chi connectivity index (χ3v) is 6.62. The third kappa shape index (κ3) is 4.97. The summed E-state index contributed by atoms with van der Waals surface area (Å²) in [5.41, 5.74) is 11.0. The first-order valence-electron chi connectivity index (χ1n) is 12.0. The fraction of sp³-hybridized carbons (Fsp3) is 0.226. The molecule has 0 saturated carbocycles. The number of aryl methyl sites for hydroxylation is 4. The van der Waals surface area contributed by atoms with Crippen molar-refractivity contribution >= 4 is 28.0 Å². The molecule has 0 aromatic heterocycles. The minimum Gasteiger partial charge on any atom is -0.342 e. The van der Waals surface area contributed by atoms with Crippen molar-refractivity contribution in [3.8, 4) is 0 Å². The summed E-state index contributed by atoms with van der Waals surface area (Å²) >= 11 is 0. The van der Waals surface area contributed by atoms with Crippen LogP contribution in [0.25, 0.3) is 0 Å². The van der Waals surface area contributed by atoms with Gasteiger partial charge in [0, 0.05) is 0 Å². The first kappa shape index (κ1) is 24.5. The lowest BCUT2D eigenvalue weighted by molar-refractivity contribution is -0.836. The van der Waals surface area contributed by atoms with Gasteiger partial charge in [0.05, 0.1) is 21.1 Å². The lowest BCUT2D eigenvalue weighted by Gasteiger charge is -2.48. The van der Waals surface area contributed by atoms with Gasteiger partial charge in [-0.3, -0.25) is 0 Å². The highest BCUT2D eigenvalue weighted by atomic mass is 15.0. The fourth-order valence-corrected chi connectivity index (χ4v) is 5.30. The smallest absolute Gasteiger partial charge is 0.109 e. The van der Waals surface area contributed by atoms with Gasteiger partial charge in [0.2, 0.25) is 0 Å². The van der Waals surface area contributed by atoms with Crippen LogP contribution in [0.5, 0.6) is 0 Å². The minimum absolute atomic E-state index is 1.32. The second-order valence-corrected chi connectivity index (χ2v) is 9.79. The molecule has 0 unspecified atom stereocenters. The Bertz CT molecular complexity index is 1020. The van der Waals surface area contributed by atoms with Gasteiger partial charge in [-0.2, -0.15) is 21.9 Å². The van der Waals surface area contributed by atoms with Gasteiger partial charge in [-0.1, -0.05) is 119 Å². The van der Waals surface area contributed by atoms with Gasteiger partial charge in [0.1, 0.15) is 6.15 Å². The summed E-state index contributed by atoms with van der Waals surface area (Å²) < 4.78 is 0. The van der Waals surface area contributed by atoms with Crippen molar-refractivity contribution in [2.75, 3.05) is 21.1 Å².